The van der Waals surface area contributed by atoms with Crippen LogP contribution in [0.1, 0.15) is 62.5 Å². The molecule has 0 saturated carbocycles. The van der Waals surface area contributed by atoms with Crippen molar-refractivity contribution >= 4 is 29.3 Å². The van der Waals surface area contributed by atoms with E-state index in [0.29, 0.717) is 43.1 Å². The minimum Gasteiger partial charge on any atom is -0.351 e. The van der Waals surface area contributed by atoms with Crippen molar-refractivity contribution in [2.75, 3.05) is 31.6 Å². The predicted octanol–water partition coefficient (Wildman–Crippen LogP) is 7.21. The standard InChI is InChI=1S/C30H36F5N7/c1-18(2)42-20(4)40-29-24(31)12-23(13-26(29)42)28(25(32)15-36-5)39-17-38-27-7-6-22(14-37-27)19(3)21-8-10-41(11-9-21)16-30(33,34)35/h6-7,12-15,18-19,21H,5,8-11,16-17H2,1-4H3,(H,37,38)/b25-15+,39-28-. The third kappa shape index (κ3) is 7.39. The molecule has 3 heterocycles. The molecule has 1 fully saturated rings. The number of hydrogen-bond acceptors (Lipinski definition) is 6. The maximum atomic E-state index is 15.0. The maximum Gasteiger partial charge on any atom is 0.401 e. The van der Waals surface area contributed by atoms with Gasteiger partial charge in [-0.15, -0.1) is 0 Å². The zero-order valence-corrected chi connectivity index (χ0v) is 24.2. The average molecular weight is 590 g/mol. The van der Waals surface area contributed by atoms with Gasteiger partial charge in [0.25, 0.3) is 0 Å². The van der Waals surface area contributed by atoms with E-state index >= 15 is 8.78 Å². The summed E-state index contributed by atoms with van der Waals surface area (Å²) in [4.78, 5) is 18.1. The average Bonchev–Trinajstić information content (AvgIpc) is 3.27. The van der Waals surface area contributed by atoms with Crippen molar-refractivity contribution in [3.63, 3.8) is 0 Å². The van der Waals surface area contributed by atoms with Crippen LogP contribution in [-0.2, 0) is 0 Å². The molecule has 1 unspecified atom stereocenters. The van der Waals surface area contributed by atoms with Crippen LogP contribution < -0.4 is 5.32 Å². The first-order chi connectivity index (χ1) is 19.9. The molecule has 226 valence electrons. The van der Waals surface area contributed by atoms with E-state index in [9.17, 15) is 13.2 Å². The van der Waals surface area contributed by atoms with Crippen molar-refractivity contribution in [1.29, 1.82) is 0 Å². The van der Waals surface area contributed by atoms with Gasteiger partial charge in [-0.1, -0.05) is 13.0 Å². The van der Waals surface area contributed by atoms with E-state index in [1.54, 1.807) is 25.3 Å². The molecule has 42 heavy (non-hydrogen) atoms. The number of piperidine rings is 1. The van der Waals surface area contributed by atoms with Gasteiger partial charge in [-0.3, -0.25) is 14.9 Å². The normalized spacial score (nSPS) is 16.8. The van der Waals surface area contributed by atoms with Gasteiger partial charge < -0.3 is 9.88 Å². The molecule has 1 N–H and O–H groups in total. The van der Waals surface area contributed by atoms with Crippen LogP contribution in [0.4, 0.5) is 27.8 Å². The highest BCUT2D eigenvalue weighted by atomic mass is 19.4. The van der Waals surface area contributed by atoms with Crippen LogP contribution in [0.15, 0.2) is 52.5 Å². The molecule has 3 aromatic rings. The molecule has 12 heteroatoms. The number of allylic oxidation sites excluding steroid dienone is 1. The molecule has 1 aromatic carbocycles. The molecule has 2 aromatic heterocycles. The summed E-state index contributed by atoms with van der Waals surface area (Å²) in [5.41, 5.74) is 1.88. The minimum atomic E-state index is -4.18. The van der Waals surface area contributed by atoms with Gasteiger partial charge in [-0.05, 0) is 89.0 Å². The van der Waals surface area contributed by atoms with Crippen molar-refractivity contribution < 1.29 is 22.0 Å². The lowest BCUT2D eigenvalue weighted by Crippen LogP contribution is -2.40. The zero-order valence-electron chi connectivity index (χ0n) is 24.2. The lowest BCUT2D eigenvalue weighted by molar-refractivity contribution is -0.148. The van der Waals surface area contributed by atoms with Crippen LogP contribution in [0.2, 0.25) is 0 Å². The van der Waals surface area contributed by atoms with Crippen molar-refractivity contribution in [2.24, 2.45) is 15.9 Å². The number of imidazole rings is 1. The number of benzene rings is 1. The Kier molecular flexibility index (Phi) is 9.75. The first kappa shape index (κ1) is 31.3. The molecule has 0 aliphatic carbocycles. The summed E-state index contributed by atoms with van der Waals surface area (Å²) in [6.07, 6.45) is -0.135. The van der Waals surface area contributed by atoms with Crippen LogP contribution in [0, 0.1) is 18.7 Å². The Hall–Kier alpha value is -3.67. The van der Waals surface area contributed by atoms with Gasteiger partial charge >= 0.3 is 6.18 Å². The second kappa shape index (κ2) is 13.1. The fourth-order valence-corrected chi connectivity index (χ4v) is 5.62. The van der Waals surface area contributed by atoms with E-state index in [4.69, 9.17) is 0 Å². The highest BCUT2D eigenvalue weighted by Gasteiger charge is 2.33. The van der Waals surface area contributed by atoms with Crippen molar-refractivity contribution in [3.8, 4) is 0 Å². The van der Waals surface area contributed by atoms with Crippen molar-refractivity contribution in [2.45, 2.75) is 58.7 Å². The van der Waals surface area contributed by atoms with Gasteiger partial charge in [-0.25, -0.2) is 18.7 Å². The second-order valence-corrected chi connectivity index (χ2v) is 10.9. The van der Waals surface area contributed by atoms with Gasteiger partial charge in [-0.2, -0.15) is 13.2 Å². The second-order valence-electron chi connectivity index (χ2n) is 10.9. The third-order valence-electron chi connectivity index (χ3n) is 7.70. The molecular weight excluding hydrogens is 553 g/mol. The number of nitrogens with one attached hydrogen (secondary N) is 1. The van der Waals surface area contributed by atoms with E-state index in [-0.39, 0.29) is 41.3 Å². The summed E-state index contributed by atoms with van der Waals surface area (Å²) in [6, 6.07) is 6.59. The quantitative estimate of drug-likeness (QED) is 0.201. The Bertz CT molecular complexity index is 1450. The highest BCUT2D eigenvalue weighted by molar-refractivity contribution is 6.12. The smallest absolute Gasteiger partial charge is 0.351 e. The number of aryl methyl sites for hydroxylation is 1. The van der Waals surface area contributed by atoms with E-state index in [0.717, 1.165) is 11.8 Å². The van der Waals surface area contributed by atoms with E-state index < -0.39 is 24.4 Å². The van der Waals surface area contributed by atoms with E-state index in [1.165, 1.54) is 11.0 Å². The number of likely N-dealkylation sites (tertiary alicyclic amines) is 1. The Morgan fingerprint density at radius 3 is 2.50 bits per heavy atom. The summed E-state index contributed by atoms with van der Waals surface area (Å²) >= 11 is 0. The number of rotatable bonds is 10. The number of fused-ring (bicyclic) bond motifs is 1. The number of aromatic nitrogens is 3. The van der Waals surface area contributed by atoms with Crippen LogP contribution in [-0.4, -0.2) is 64.3 Å². The topological polar surface area (TPSA) is 70.7 Å². The Morgan fingerprint density at radius 1 is 1.19 bits per heavy atom. The summed E-state index contributed by atoms with van der Waals surface area (Å²) in [5.74, 6) is 0.219. The largest absolute Gasteiger partial charge is 0.401 e. The van der Waals surface area contributed by atoms with Gasteiger partial charge in [0.15, 0.2) is 11.6 Å². The first-order valence-electron chi connectivity index (χ1n) is 13.9. The van der Waals surface area contributed by atoms with Gasteiger partial charge in [0.05, 0.1) is 18.3 Å². The number of halogens is 5. The van der Waals surface area contributed by atoms with E-state index in [1.807, 2.05) is 24.5 Å². The molecule has 0 radical (unpaired) electrons. The summed E-state index contributed by atoms with van der Waals surface area (Å²) in [5, 5.41) is 3.04. The molecule has 0 spiro atoms. The molecule has 1 atom stereocenters. The van der Waals surface area contributed by atoms with Gasteiger partial charge in [0.2, 0.25) is 0 Å². The molecule has 0 amide bonds. The summed E-state index contributed by atoms with van der Waals surface area (Å²) in [7, 11) is 0. The number of aliphatic imine (C=N–C) groups is 2. The predicted molar refractivity (Wildman–Crippen MR) is 156 cm³/mol. The number of pyridine rings is 1. The highest BCUT2D eigenvalue weighted by Crippen LogP contribution is 2.33. The molecule has 1 aliphatic rings. The number of nitrogens with zero attached hydrogens (tertiary/aromatic N) is 6. The molecule has 1 aliphatic heterocycles. The minimum absolute atomic E-state index is 0.0147. The first-order valence-corrected chi connectivity index (χ1v) is 13.9. The Labute approximate surface area is 242 Å². The molecule has 4 rings (SSSR count). The molecular formula is C30H36F5N7. The molecule has 7 nitrogen and oxygen atoms in total. The van der Waals surface area contributed by atoms with Gasteiger partial charge in [0, 0.05) is 17.8 Å². The lowest BCUT2D eigenvalue weighted by atomic mass is 9.82. The number of hydrogen-bond donors (Lipinski definition) is 1. The Morgan fingerprint density at radius 2 is 1.90 bits per heavy atom. The van der Waals surface area contributed by atoms with Crippen LogP contribution >= 0.6 is 0 Å². The maximum absolute atomic E-state index is 15.0. The van der Waals surface area contributed by atoms with Crippen LogP contribution in [0.25, 0.3) is 11.0 Å². The summed E-state index contributed by atoms with van der Waals surface area (Å²) in [6.45, 7) is 11.0. The monoisotopic (exact) mass is 589 g/mol. The van der Waals surface area contributed by atoms with Crippen LogP contribution in [0.5, 0.6) is 0 Å². The third-order valence-corrected chi connectivity index (χ3v) is 7.70. The molecule has 0 bridgehead atoms. The van der Waals surface area contributed by atoms with E-state index in [2.05, 4.69) is 38.9 Å². The molecule has 1 saturated heterocycles. The summed E-state index contributed by atoms with van der Waals surface area (Å²) < 4.78 is 70.1. The van der Waals surface area contributed by atoms with Gasteiger partial charge in [0.1, 0.15) is 29.5 Å². The van der Waals surface area contributed by atoms with Crippen LogP contribution in [0.3, 0.4) is 0 Å². The SMILES string of the molecule is C=N/C=C(F)\C(=N/CNc1ccc(C(C)C2CCN(CC(F)(F)F)CC2)cn1)c1cc(F)c2nc(C)n(C(C)C)c2c1. The van der Waals surface area contributed by atoms with Crippen molar-refractivity contribution in [1.82, 2.24) is 19.4 Å². The Balaban J connectivity index is 1.46. The fourth-order valence-electron chi connectivity index (χ4n) is 5.62. The number of anilines is 1. The fraction of sp³-hybridized carbons (Fsp3) is 0.467. The van der Waals surface area contributed by atoms with Crippen molar-refractivity contribution in [3.05, 3.63) is 65.3 Å². The zero-order chi connectivity index (χ0) is 30.6. The number of alkyl halides is 3. The lowest BCUT2D eigenvalue weighted by Gasteiger charge is -2.35.